The van der Waals surface area contributed by atoms with E-state index in [2.05, 4.69) is 4.99 Å². The van der Waals surface area contributed by atoms with Gasteiger partial charge in [0.2, 0.25) is 5.76 Å². The van der Waals surface area contributed by atoms with Crippen LogP contribution in [-0.2, 0) is 4.79 Å². The minimum absolute atomic E-state index is 0.0783. The van der Waals surface area contributed by atoms with Gasteiger partial charge in [-0.2, -0.15) is 4.99 Å². The Balaban J connectivity index is 1.53. The van der Waals surface area contributed by atoms with Gasteiger partial charge in [0.1, 0.15) is 11.6 Å². The molecule has 3 heterocycles. The SMILES string of the molecule is N=C1C(=Cc2ccc(OC(=O)c3ccco3)cc2)C(=O)N=C2SC=CN12. The number of hydrogen-bond donors (Lipinski definition) is 1. The van der Waals surface area contributed by atoms with Crippen LogP contribution in [0.25, 0.3) is 6.08 Å². The third-order valence-corrected chi connectivity index (χ3v) is 4.39. The van der Waals surface area contributed by atoms with Gasteiger partial charge in [0, 0.05) is 6.20 Å². The summed E-state index contributed by atoms with van der Waals surface area (Å²) in [6, 6.07) is 9.69. The molecule has 26 heavy (non-hydrogen) atoms. The topological polar surface area (TPSA) is 96.0 Å². The molecule has 0 spiro atoms. The van der Waals surface area contributed by atoms with Crippen molar-refractivity contribution in [3.05, 3.63) is 71.2 Å². The number of carbonyl (C=O) groups excluding carboxylic acids is 2. The lowest BCUT2D eigenvalue weighted by atomic mass is 10.1. The Kier molecular flexibility index (Phi) is 4.02. The molecule has 0 atom stereocenters. The normalized spacial score (nSPS) is 17.5. The van der Waals surface area contributed by atoms with Gasteiger partial charge in [-0.25, -0.2) is 4.79 Å². The van der Waals surface area contributed by atoms with Gasteiger partial charge < -0.3 is 9.15 Å². The molecule has 4 rings (SSSR count). The summed E-state index contributed by atoms with van der Waals surface area (Å²) in [6.45, 7) is 0. The fraction of sp³-hybridized carbons (Fsp3) is 0. The van der Waals surface area contributed by atoms with Crippen LogP contribution < -0.4 is 4.74 Å². The highest BCUT2D eigenvalue weighted by atomic mass is 32.2. The van der Waals surface area contributed by atoms with Crippen molar-refractivity contribution in [1.29, 1.82) is 5.41 Å². The molecule has 2 aromatic rings. The summed E-state index contributed by atoms with van der Waals surface area (Å²) >= 11 is 1.30. The number of amidine groups is 2. The highest BCUT2D eigenvalue weighted by Gasteiger charge is 2.30. The van der Waals surface area contributed by atoms with Gasteiger partial charge in [-0.3, -0.25) is 15.1 Å². The first kappa shape index (κ1) is 16.1. The number of rotatable bonds is 3. The Morgan fingerprint density at radius 3 is 2.81 bits per heavy atom. The Hall–Kier alpha value is -3.39. The second-order valence-corrected chi connectivity index (χ2v) is 6.19. The number of fused-ring (bicyclic) bond motifs is 1. The van der Waals surface area contributed by atoms with Crippen molar-refractivity contribution >= 4 is 40.7 Å². The summed E-state index contributed by atoms with van der Waals surface area (Å²) in [5.41, 5.74) is 0.881. The molecule has 1 N–H and O–H groups in total. The monoisotopic (exact) mass is 365 g/mol. The second kappa shape index (κ2) is 6.49. The van der Waals surface area contributed by atoms with Crippen LogP contribution in [0.2, 0.25) is 0 Å². The second-order valence-electron chi connectivity index (χ2n) is 5.32. The number of nitrogens with one attached hydrogen (secondary N) is 1. The fourth-order valence-electron chi connectivity index (χ4n) is 2.38. The van der Waals surface area contributed by atoms with E-state index in [4.69, 9.17) is 14.6 Å². The van der Waals surface area contributed by atoms with Crippen molar-refractivity contribution in [1.82, 2.24) is 4.90 Å². The third-order valence-electron chi connectivity index (χ3n) is 3.64. The molecule has 0 radical (unpaired) electrons. The van der Waals surface area contributed by atoms with Crippen LogP contribution in [0.5, 0.6) is 5.75 Å². The number of amides is 1. The molecule has 0 fully saturated rings. The van der Waals surface area contributed by atoms with Crippen molar-refractivity contribution in [3.63, 3.8) is 0 Å². The van der Waals surface area contributed by atoms with Gasteiger partial charge in [0.05, 0.1) is 11.8 Å². The molecular weight excluding hydrogens is 354 g/mol. The summed E-state index contributed by atoms with van der Waals surface area (Å²) in [5, 5.41) is 10.4. The summed E-state index contributed by atoms with van der Waals surface area (Å²) in [4.78, 5) is 29.5. The smallest absolute Gasteiger partial charge is 0.379 e. The van der Waals surface area contributed by atoms with Crippen LogP contribution in [-0.4, -0.2) is 27.8 Å². The largest absolute Gasteiger partial charge is 0.457 e. The highest BCUT2D eigenvalue weighted by molar-refractivity contribution is 8.16. The van der Waals surface area contributed by atoms with Crippen LogP contribution >= 0.6 is 11.8 Å². The zero-order valence-corrected chi connectivity index (χ0v) is 14.0. The number of ether oxygens (including phenoxy) is 1. The number of thioether (sulfide) groups is 1. The van der Waals surface area contributed by atoms with E-state index in [1.54, 1.807) is 52.9 Å². The first-order valence-electron chi connectivity index (χ1n) is 7.54. The Labute approximate surface area is 152 Å². The minimum Gasteiger partial charge on any atom is -0.457 e. The molecule has 0 unspecified atom stereocenters. The van der Waals surface area contributed by atoms with E-state index in [0.29, 0.717) is 16.5 Å². The molecule has 128 valence electrons. The first-order chi connectivity index (χ1) is 12.6. The quantitative estimate of drug-likeness (QED) is 0.509. The lowest BCUT2D eigenvalue weighted by Crippen LogP contribution is -2.35. The molecule has 1 aromatic carbocycles. The summed E-state index contributed by atoms with van der Waals surface area (Å²) in [6.07, 6.45) is 4.67. The molecule has 0 saturated heterocycles. The van der Waals surface area contributed by atoms with Crippen molar-refractivity contribution in [2.45, 2.75) is 0 Å². The maximum atomic E-state index is 12.2. The van der Waals surface area contributed by atoms with Crippen molar-refractivity contribution in [2.75, 3.05) is 0 Å². The summed E-state index contributed by atoms with van der Waals surface area (Å²) < 4.78 is 10.2. The fourth-order valence-corrected chi connectivity index (χ4v) is 3.09. The standard InChI is InChI=1S/C18H11N3O4S/c19-15-13(16(22)20-18-21(15)7-9-26-18)10-11-3-5-12(6-4-11)25-17(23)14-2-1-8-24-14/h1-10,19H. The Bertz CT molecular complexity index is 988. The van der Waals surface area contributed by atoms with Crippen LogP contribution in [0, 0.1) is 5.41 Å². The summed E-state index contributed by atoms with van der Waals surface area (Å²) in [5.74, 6) is -0.508. The summed E-state index contributed by atoms with van der Waals surface area (Å²) in [7, 11) is 0. The molecule has 2 aliphatic rings. The van der Waals surface area contributed by atoms with Crippen LogP contribution in [0.3, 0.4) is 0 Å². The van der Waals surface area contributed by atoms with Gasteiger partial charge in [0.25, 0.3) is 5.91 Å². The molecule has 2 aliphatic heterocycles. The maximum absolute atomic E-state index is 12.2. The van der Waals surface area contributed by atoms with E-state index in [9.17, 15) is 9.59 Å². The van der Waals surface area contributed by atoms with Crippen molar-refractivity contribution in [2.24, 2.45) is 4.99 Å². The molecule has 8 heteroatoms. The molecule has 0 saturated carbocycles. The highest BCUT2D eigenvalue weighted by Crippen LogP contribution is 2.27. The molecule has 1 amide bonds. The molecule has 1 aromatic heterocycles. The minimum atomic E-state index is -0.592. The third kappa shape index (κ3) is 2.98. The molecule has 7 nitrogen and oxygen atoms in total. The first-order valence-corrected chi connectivity index (χ1v) is 8.42. The van der Waals surface area contributed by atoms with E-state index in [1.165, 1.54) is 24.1 Å². The van der Waals surface area contributed by atoms with E-state index < -0.39 is 11.9 Å². The van der Waals surface area contributed by atoms with Gasteiger partial charge in [-0.05, 0) is 41.3 Å². The zero-order chi connectivity index (χ0) is 18.1. The maximum Gasteiger partial charge on any atom is 0.379 e. The predicted molar refractivity (Wildman–Crippen MR) is 96.8 cm³/mol. The molecule has 0 aliphatic carbocycles. The van der Waals surface area contributed by atoms with Crippen LogP contribution in [0.4, 0.5) is 0 Å². The van der Waals surface area contributed by atoms with Crippen molar-refractivity contribution < 1.29 is 18.7 Å². The lowest BCUT2D eigenvalue weighted by Gasteiger charge is -2.22. The number of aliphatic imine (C=N–C) groups is 1. The Morgan fingerprint density at radius 1 is 1.27 bits per heavy atom. The van der Waals surface area contributed by atoms with Crippen LogP contribution in [0.1, 0.15) is 16.1 Å². The molecule has 0 bridgehead atoms. The predicted octanol–water partition coefficient (Wildman–Crippen LogP) is 3.28. The average molecular weight is 365 g/mol. The Morgan fingerprint density at radius 2 is 2.08 bits per heavy atom. The van der Waals surface area contributed by atoms with E-state index in [1.807, 2.05) is 0 Å². The number of furan rings is 1. The van der Waals surface area contributed by atoms with E-state index >= 15 is 0 Å². The van der Waals surface area contributed by atoms with Crippen LogP contribution in [0.15, 0.2) is 69.3 Å². The lowest BCUT2D eigenvalue weighted by molar-refractivity contribution is -0.114. The zero-order valence-electron chi connectivity index (χ0n) is 13.2. The average Bonchev–Trinajstić information content (AvgIpc) is 3.31. The molecular formula is C18H11N3O4S. The van der Waals surface area contributed by atoms with Gasteiger partial charge in [-0.1, -0.05) is 23.9 Å². The number of carbonyl (C=O) groups is 2. The van der Waals surface area contributed by atoms with E-state index in [0.717, 1.165) is 0 Å². The van der Waals surface area contributed by atoms with Gasteiger partial charge >= 0.3 is 5.97 Å². The van der Waals surface area contributed by atoms with E-state index in [-0.39, 0.29) is 17.2 Å². The van der Waals surface area contributed by atoms with Crippen molar-refractivity contribution in [3.8, 4) is 5.75 Å². The van der Waals surface area contributed by atoms with Gasteiger partial charge in [-0.15, -0.1) is 0 Å². The van der Waals surface area contributed by atoms with Gasteiger partial charge in [0.15, 0.2) is 5.17 Å². The number of nitrogens with zero attached hydrogens (tertiary/aromatic N) is 2. The number of esters is 1. The number of hydrogen-bond acceptors (Lipinski definition) is 6. The number of benzene rings is 1.